The lowest BCUT2D eigenvalue weighted by Crippen LogP contribution is -1.90. The number of hydrogen-bond acceptors (Lipinski definition) is 3. The van der Waals surface area contributed by atoms with Gasteiger partial charge in [0.25, 0.3) is 0 Å². The molecule has 3 nitrogen and oxygen atoms in total. The Morgan fingerprint density at radius 3 is 3.00 bits per heavy atom. The van der Waals surface area contributed by atoms with Crippen LogP contribution >= 0.6 is 12.6 Å². The van der Waals surface area contributed by atoms with Crippen LogP contribution in [0.25, 0.3) is 0 Å². The number of hydrogen-bond donors (Lipinski definition) is 1. The van der Waals surface area contributed by atoms with E-state index >= 15 is 0 Å². The molecule has 1 heterocycles. The lowest BCUT2D eigenvalue weighted by atomic mass is 10.3. The van der Waals surface area contributed by atoms with Gasteiger partial charge in [-0.15, -0.1) is 12.6 Å². The molecular formula is C6H7NO2S. The highest BCUT2D eigenvalue weighted by molar-refractivity contribution is 7.96. The van der Waals surface area contributed by atoms with Gasteiger partial charge in [-0.2, -0.15) is 0 Å². The van der Waals surface area contributed by atoms with Crippen LogP contribution in [0.2, 0.25) is 0 Å². The summed E-state index contributed by atoms with van der Waals surface area (Å²) in [6.07, 6.45) is 0.212. The molecule has 1 aromatic heterocycles. The first-order valence-electron chi connectivity index (χ1n) is 2.82. The van der Waals surface area contributed by atoms with Gasteiger partial charge in [0.2, 0.25) is 0 Å². The lowest BCUT2D eigenvalue weighted by Gasteiger charge is -1.83. The molecule has 0 aliphatic rings. The lowest BCUT2D eigenvalue weighted by molar-refractivity contribution is -0.110. The molecule has 0 N–H and O–H groups in total. The van der Waals surface area contributed by atoms with Crippen LogP contribution in [0.4, 0.5) is 0 Å². The minimum absolute atomic E-state index is 0.212. The van der Waals surface area contributed by atoms with E-state index in [9.17, 15) is 4.79 Å². The third-order valence-corrected chi connectivity index (χ3v) is 1.16. The summed E-state index contributed by atoms with van der Waals surface area (Å²) in [4.78, 5) is 10.4. The van der Waals surface area contributed by atoms with Gasteiger partial charge < -0.3 is 4.52 Å². The number of aryl methyl sites for hydroxylation is 1. The van der Waals surface area contributed by atoms with Gasteiger partial charge in [-0.3, -0.25) is 4.79 Å². The molecule has 0 bridgehead atoms. The van der Waals surface area contributed by atoms with Crippen LogP contribution in [0.3, 0.4) is 0 Å². The van der Waals surface area contributed by atoms with Crippen LogP contribution in [-0.4, -0.2) is 10.3 Å². The Hall–Kier alpha value is -0.770. The molecule has 0 aliphatic carbocycles. The molecule has 10 heavy (non-hydrogen) atoms. The fourth-order valence-corrected chi connectivity index (χ4v) is 0.805. The summed E-state index contributed by atoms with van der Waals surface area (Å²) in [6, 6.07) is 1.72. The van der Waals surface area contributed by atoms with E-state index in [0.29, 0.717) is 5.76 Å². The minimum atomic E-state index is -0.212. The number of rotatable bonds is 2. The molecule has 1 aromatic rings. The molecule has 0 unspecified atom stereocenters. The molecule has 0 aromatic carbocycles. The van der Waals surface area contributed by atoms with Gasteiger partial charge in [0.1, 0.15) is 5.76 Å². The highest BCUT2D eigenvalue weighted by Gasteiger charge is 2.02. The van der Waals surface area contributed by atoms with Crippen molar-refractivity contribution in [3.05, 3.63) is 17.5 Å². The molecule has 54 valence electrons. The summed E-state index contributed by atoms with van der Waals surface area (Å²) < 4.78 is 4.76. The third kappa shape index (κ3) is 1.88. The Morgan fingerprint density at radius 1 is 1.90 bits per heavy atom. The largest absolute Gasteiger partial charge is 0.361 e. The molecule has 0 amide bonds. The second-order valence-electron chi connectivity index (χ2n) is 2.01. The second-order valence-corrected chi connectivity index (χ2v) is 2.50. The number of carbonyl (C=O) groups excluding carboxylic acids is 1. The zero-order valence-corrected chi connectivity index (χ0v) is 6.39. The molecule has 4 heteroatoms. The summed E-state index contributed by atoms with van der Waals surface area (Å²) in [5.41, 5.74) is 0.782. The van der Waals surface area contributed by atoms with E-state index in [1.807, 2.05) is 0 Å². The average Bonchev–Trinajstić information content (AvgIpc) is 2.13. The predicted octanol–water partition coefficient (Wildman–Crippen LogP) is 0.982. The Bertz CT molecular complexity index is 244. The first-order valence-corrected chi connectivity index (χ1v) is 3.27. The SMILES string of the molecule is Cc1cc(CC(=O)S)on1. The number of carbonyl (C=O) groups is 1. The summed E-state index contributed by atoms with van der Waals surface area (Å²) in [7, 11) is 0. The molecule has 1 rings (SSSR count). The predicted molar refractivity (Wildman–Crippen MR) is 38.9 cm³/mol. The van der Waals surface area contributed by atoms with Gasteiger partial charge in [0.05, 0.1) is 12.1 Å². The van der Waals surface area contributed by atoms with E-state index in [1.165, 1.54) is 0 Å². The van der Waals surface area contributed by atoms with Crippen LogP contribution in [0.15, 0.2) is 10.6 Å². The normalized spacial score (nSPS) is 9.80. The van der Waals surface area contributed by atoms with Gasteiger partial charge in [-0.25, -0.2) is 0 Å². The van der Waals surface area contributed by atoms with Crippen LogP contribution in [0.5, 0.6) is 0 Å². The molecular weight excluding hydrogens is 150 g/mol. The molecule has 0 atom stereocenters. The highest BCUT2D eigenvalue weighted by atomic mass is 32.1. The van der Waals surface area contributed by atoms with Gasteiger partial charge in [0, 0.05) is 6.07 Å². The van der Waals surface area contributed by atoms with E-state index < -0.39 is 0 Å². The molecule has 0 radical (unpaired) electrons. The number of nitrogens with zero attached hydrogens (tertiary/aromatic N) is 1. The van der Waals surface area contributed by atoms with Crippen molar-refractivity contribution in [2.75, 3.05) is 0 Å². The van der Waals surface area contributed by atoms with Crippen molar-refractivity contribution in [2.24, 2.45) is 0 Å². The Balaban J connectivity index is 2.67. The minimum Gasteiger partial charge on any atom is -0.361 e. The van der Waals surface area contributed by atoms with Crippen molar-refractivity contribution < 1.29 is 9.32 Å². The molecule has 0 aliphatic heterocycles. The zero-order valence-electron chi connectivity index (χ0n) is 5.50. The quantitative estimate of drug-likeness (QED) is 0.651. The van der Waals surface area contributed by atoms with Crippen LogP contribution in [0.1, 0.15) is 11.5 Å². The summed E-state index contributed by atoms with van der Waals surface area (Å²) in [5.74, 6) is 0.567. The molecule has 0 fully saturated rings. The van der Waals surface area contributed by atoms with Crippen molar-refractivity contribution in [1.29, 1.82) is 0 Å². The standard InChI is InChI=1S/C6H7NO2S/c1-4-2-5(9-7-4)3-6(8)10/h2H,3H2,1H3,(H,8,10). The average molecular weight is 157 g/mol. The van der Waals surface area contributed by atoms with E-state index in [4.69, 9.17) is 4.52 Å². The highest BCUT2D eigenvalue weighted by Crippen LogP contribution is 2.03. The maximum Gasteiger partial charge on any atom is 0.193 e. The summed E-state index contributed by atoms with van der Waals surface area (Å²) >= 11 is 3.59. The fourth-order valence-electron chi connectivity index (χ4n) is 0.649. The molecule has 0 saturated heterocycles. The van der Waals surface area contributed by atoms with E-state index in [1.54, 1.807) is 13.0 Å². The van der Waals surface area contributed by atoms with Gasteiger partial charge in [-0.05, 0) is 6.92 Å². The summed E-state index contributed by atoms with van der Waals surface area (Å²) in [6.45, 7) is 1.80. The second kappa shape index (κ2) is 2.88. The van der Waals surface area contributed by atoms with Gasteiger partial charge >= 0.3 is 0 Å². The maximum atomic E-state index is 10.4. The smallest absolute Gasteiger partial charge is 0.193 e. The summed E-state index contributed by atoms with van der Waals surface area (Å²) in [5, 5.41) is 3.40. The monoisotopic (exact) mass is 157 g/mol. The Morgan fingerprint density at radius 2 is 2.60 bits per heavy atom. The first-order chi connectivity index (χ1) is 4.68. The fraction of sp³-hybridized carbons (Fsp3) is 0.333. The van der Waals surface area contributed by atoms with E-state index in [0.717, 1.165) is 5.69 Å². The van der Waals surface area contributed by atoms with E-state index in [-0.39, 0.29) is 11.5 Å². The molecule has 0 saturated carbocycles. The van der Waals surface area contributed by atoms with Crippen molar-refractivity contribution in [3.63, 3.8) is 0 Å². The zero-order chi connectivity index (χ0) is 7.56. The van der Waals surface area contributed by atoms with Gasteiger partial charge in [-0.1, -0.05) is 5.16 Å². The first kappa shape index (κ1) is 7.34. The van der Waals surface area contributed by atoms with Crippen molar-refractivity contribution >= 4 is 17.7 Å². The van der Waals surface area contributed by atoms with Crippen LogP contribution in [-0.2, 0) is 11.2 Å². The number of thiol groups is 1. The van der Waals surface area contributed by atoms with E-state index in [2.05, 4.69) is 17.8 Å². The topological polar surface area (TPSA) is 43.1 Å². The Labute approximate surface area is 63.8 Å². The molecule has 0 spiro atoms. The third-order valence-electron chi connectivity index (χ3n) is 1.00. The van der Waals surface area contributed by atoms with Crippen molar-refractivity contribution in [3.8, 4) is 0 Å². The number of aromatic nitrogens is 1. The Kier molecular flexibility index (Phi) is 2.11. The maximum absolute atomic E-state index is 10.4. The van der Waals surface area contributed by atoms with Gasteiger partial charge in [0.15, 0.2) is 5.12 Å². The van der Waals surface area contributed by atoms with Crippen LogP contribution in [0, 0.1) is 6.92 Å². The van der Waals surface area contributed by atoms with Crippen molar-refractivity contribution in [2.45, 2.75) is 13.3 Å². The van der Waals surface area contributed by atoms with Crippen LogP contribution < -0.4 is 0 Å². The van der Waals surface area contributed by atoms with Crippen molar-refractivity contribution in [1.82, 2.24) is 5.16 Å².